The Labute approximate surface area is 159 Å². The highest BCUT2D eigenvalue weighted by Gasteiger charge is 2.08. The van der Waals surface area contributed by atoms with Crippen LogP contribution < -0.4 is 4.74 Å². The van der Waals surface area contributed by atoms with Crippen LogP contribution in [-0.2, 0) is 13.0 Å². The normalized spacial score (nSPS) is 10.9. The maximum Gasteiger partial charge on any atom is 0.336 e. The highest BCUT2D eigenvalue weighted by atomic mass is 16.5. The smallest absolute Gasteiger partial charge is 0.336 e. The van der Waals surface area contributed by atoms with Gasteiger partial charge in [-0.05, 0) is 41.7 Å². The quantitative estimate of drug-likeness (QED) is 0.604. The first kappa shape index (κ1) is 18.5. The van der Waals surface area contributed by atoms with Gasteiger partial charge >= 0.3 is 5.97 Å². The fourth-order valence-electron chi connectivity index (χ4n) is 2.96. The summed E-state index contributed by atoms with van der Waals surface area (Å²) in [4.78, 5) is 11.3. The van der Waals surface area contributed by atoms with E-state index in [2.05, 4.69) is 0 Å². The summed E-state index contributed by atoms with van der Waals surface area (Å²) in [5.74, 6) is -0.0322. The van der Waals surface area contributed by atoms with E-state index < -0.39 is 5.97 Å². The van der Waals surface area contributed by atoms with Gasteiger partial charge < -0.3 is 9.84 Å². The lowest BCUT2D eigenvalue weighted by Crippen LogP contribution is -2.00. The molecule has 0 radical (unpaired) electrons. The maximum absolute atomic E-state index is 11.3. The minimum absolute atomic E-state index is 0.304. The third kappa shape index (κ3) is 4.85. The maximum atomic E-state index is 11.3. The second kappa shape index (κ2) is 8.86. The first-order valence-electron chi connectivity index (χ1n) is 8.89. The van der Waals surface area contributed by atoms with Gasteiger partial charge in [0.05, 0.1) is 5.56 Å². The number of benzene rings is 3. The van der Waals surface area contributed by atoms with Gasteiger partial charge in [0.25, 0.3) is 0 Å². The zero-order valence-corrected chi connectivity index (χ0v) is 15.3. The first-order chi connectivity index (χ1) is 13.1. The average molecular weight is 358 g/mol. The van der Waals surface area contributed by atoms with Crippen molar-refractivity contribution in [2.24, 2.45) is 0 Å². The van der Waals surface area contributed by atoms with E-state index in [1.807, 2.05) is 79.7 Å². The predicted molar refractivity (Wildman–Crippen MR) is 108 cm³/mol. The number of carboxylic acid groups (broad SMARTS) is 1. The van der Waals surface area contributed by atoms with Crippen molar-refractivity contribution in [3.63, 3.8) is 0 Å². The summed E-state index contributed by atoms with van der Waals surface area (Å²) in [6, 6.07) is 23.2. The summed E-state index contributed by atoms with van der Waals surface area (Å²) in [6.07, 6.45) is 4.50. The molecule has 0 aromatic heterocycles. The molecule has 27 heavy (non-hydrogen) atoms. The van der Waals surface area contributed by atoms with Crippen LogP contribution in [0.3, 0.4) is 0 Å². The molecule has 0 amide bonds. The lowest BCUT2D eigenvalue weighted by atomic mass is 10.0. The summed E-state index contributed by atoms with van der Waals surface area (Å²) in [6.45, 7) is 2.55. The first-order valence-corrected chi connectivity index (χ1v) is 8.89. The Morgan fingerprint density at radius 2 is 1.70 bits per heavy atom. The Morgan fingerprint density at radius 1 is 0.963 bits per heavy atom. The molecule has 0 unspecified atom stereocenters. The predicted octanol–water partition coefficient (Wildman–Crippen LogP) is 5.53. The largest absolute Gasteiger partial charge is 0.488 e. The highest BCUT2D eigenvalue weighted by Crippen LogP contribution is 2.25. The van der Waals surface area contributed by atoms with Crippen LogP contribution in [0.15, 0.2) is 78.9 Å². The molecule has 3 heteroatoms. The Balaban J connectivity index is 1.76. The SMILES string of the molecule is Cc1cccc(CC=Cc2ccccc2C(=O)O)c1OCc1ccccc1. The van der Waals surface area contributed by atoms with E-state index in [0.29, 0.717) is 24.2 Å². The molecule has 0 bridgehead atoms. The van der Waals surface area contributed by atoms with E-state index in [1.165, 1.54) is 0 Å². The number of rotatable bonds is 7. The molecule has 0 atom stereocenters. The van der Waals surface area contributed by atoms with Crippen LogP contribution >= 0.6 is 0 Å². The van der Waals surface area contributed by atoms with Crippen molar-refractivity contribution in [2.45, 2.75) is 20.0 Å². The number of carboxylic acids is 1. The standard InChI is InChI=1S/C24H22O3/c1-18-9-7-14-21(23(18)27-17-19-10-3-2-4-11-19)15-8-13-20-12-5-6-16-22(20)24(25)26/h2-14,16H,15,17H2,1H3,(H,25,26). The van der Waals surface area contributed by atoms with Gasteiger partial charge in [0.1, 0.15) is 12.4 Å². The van der Waals surface area contributed by atoms with E-state index in [9.17, 15) is 9.90 Å². The molecule has 3 aromatic rings. The number of hydrogen-bond acceptors (Lipinski definition) is 2. The van der Waals surface area contributed by atoms with Gasteiger partial charge in [0.2, 0.25) is 0 Å². The number of para-hydroxylation sites is 1. The van der Waals surface area contributed by atoms with E-state index >= 15 is 0 Å². The fourth-order valence-corrected chi connectivity index (χ4v) is 2.96. The number of carbonyl (C=O) groups is 1. The second-order valence-corrected chi connectivity index (χ2v) is 6.34. The Bertz CT molecular complexity index is 943. The summed E-state index contributed by atoms with van der Waals surface area (Å²) in [5.41, 5.74) is 4.29. The van der Waals surface area contributed by atoms with Crippen LogP contribution in [0.4, 0.5) is 0 Å². The monoisotopic (exact) mass is 358 g/mol. The lowest BCUT2D eigenvalue weighted by molar-refractivity contribution is 0.0696. The van der Waals surface area contributed by atoms with Crippen molar-refractivity contribution in [1.82, 2.24) is 0 Å². The van der Waals surface area contributed by atoms with Crippen molar-refractivity contribution in [1.29, 1.82) is 0 Å². The van der Waals surface area contributed by atoms with Crippen LogP contribution in [0.1, 0.15) is 32.6 Å². The number of hydrogen-bond donors (Lipinski definition) is 1. The molecule has 0 aliphatic heterocycles. The number of aromatic carboxylic acids is 1. The Hall–Kier alpha value is -3.33. The Kier molecular flexibility index (Phi) is 6.06. The molecule has 3 nitrogen and oxygen atoms in total. The molecule has 0 saturated heterocycles. The zero-order valence-electron chi connectivity index (χ0n) is 15.3. The van der Waals surface area contributed by atoms with Crippen LogP contribution in [0.2, 0.25) is 0 Å². The van der Waals surface area contributed by atoms with Crippen molar-refractivity contribution < 1.29 is 14.6 Å². The van der Waals surface area contributed by atoms with Crippen LogP contribution in [0.5, 0.6) is 5.75 Å². The molecular weight excluding hydrogens is 336 g/mol. The molecule has 3 rings (SSSR count). The van der Waals surface area contributed by atoms with Gasteiger partial charge in [-0.15, -0.1) is 0 Å². The van der Waals surface area contributed by atoms with Gasteiger partial charge in [0.15, 0.2) is 0 Å². The average Bonchev–Trinajstić information content (AvgIpc) is 2.68. The Morgan fingerprint density at radius 3 is 2.48 bits per heavy atom. The zero-order chi connectivity index (χ0) is 19.1. The van der Waals surface area contributed by atoms with Gasteiger partial charge in [-0.1, -0.05) is 78.9 Å². The lowest BCUT2D eigenvalue weighted by Gasteiger charge is -2.13. The molecule has 0 aliphatic carbocycles. The fraction of sp³-hybridized carbons (Fsp3) is 0.125. The summed E-state index contributed by atoms with van der Waals surface area (Å²) < 4.78 is 6.09. The minimum atomic E-state index is -0.919. The molecule has 0 spiro atoms. The van der Waals surface area contributed by atoms with Crippen LogP contribution in [-0.4, -0.2) is 11.1 Å². The second-order valence-electron chi connectivity index (χ2n) is 6.34. The van der Waals surface area contributed by atoms with Gasteiger partial charge in [-0.25, -0.2) is 4.79 Å². The van der Waals surface area contributed by atoms with E-state index in [-0.39, 0.29) is 0 Å². The number of allylic oxidation sites excluding steroid dienone is 1. The van der Waals surface area contributed by atoms with Crippen LogP contribution in [0.25, 0.3) is 6.08 Å². The molecule has 1 N–H and O–H groups in total. The minimum Gasteiger partial charge on any atom is -0.488 e. The highest BCUT2D eigenvalue weighted by molar-refractivity contribution is 5.92. The van der Waals surface area contributed by atoms with Gasteiger partial charge in [-0.2, -0.15) is 0 Å². The van der Waals surface area contributed by atoms with Crippen LogP contribution in [0, 0.1) is 6.92 Å². The van der Waals surface area contributed by atoms with E-state index in [0.717, 1.165) is 22.4 Å². The summed E-state index contributed by atoms with van der Waals surface area (Å²) in [5, 5.41) is 9.29. The van der Waals surface area contributed by atoms with Crippen molar-refractivity contribution in [2.75, 3.05) is 0 Å². The van der Waals surface area contributed by atoms with Crippen molar-refractivity contribution in [3.8, 4) is 5.75 Å². The summed E-state index contributed by atoms with van der Waals surface area (Å²) >= 11 is 0. The number of ether oxygens (including phenoxy) is 1. The van der Waals surface area contributed by atoms with E-state index in [4.69, 9.17) is 4.74 Å². The third-order valence-electron chi connectivity index (χ3n) is 4.35. The van der Waals surface area contributed by atoms with Crippen molar-refractivity contribution in [3.05, 3.63) is 107 Å². The molecular formula is C24H22O3. The molecule has 0 aliphatic rings. The molecule has 3 aromatic carbocycles. The molecule has 0 heterocycles. The number of aryl methyl sites for hydroxylation is 1. The third-order valence-corrected chi connectivity index (χ3v) is 4.35. The van der Waals surface area contributed by atoms with E-state index in [1.54, 1.807) is 12.1 Å². The molecule has 136 valence electrons. The molecule has 0 saturated carbocycles. The van der Waals surface area contributed by atoms with Gasteiger partial charge in [-0.3, -0.25) is 0 Å². The topological polar surface area (TPSA) is 46.5 Å². The summed E-state index contributed by atoms with van der Waals surface area (Å²) in [7, 11) is 0. The molecule has 0 fully saturated rings. The van der Waals surface area contributed by atoms with Gasteiger partial charge in [0, 0.05) is 0 Å². The van der Waals surface area contributed by atoms with Crippen molar-refractivity contribution >= 4 is 12.0 Å².